The van der Waals surface area contributed by atoms with Gasteiger partial charge in [-0.1, -0.05) is 0 Å². The maximum absolute atomic E-state index is 9.58. The number of aliphatic hydroxyl groups is 1. The fraction of sp³-hybridized carbons (Fsp3) is 0.800. The number of hydrogen-bond acceptors (Lipinski definition) is 2. The predicted molar refractivity (Wildman–Crippen MR) is 47.7 cm³/mol. The molecule has 2 unspecified atom stereocenters. The highest BCUT2D eigenvalue weighted by molar-refractivity contribution is 4.95. The van der Waals surface area contributed by atoms with E-state index in [4.69, 9.17) is 4.74 Å². The minimum Gasteiger partial charge on any atom is -0.390 e. The van der Waals surface area contributed by atoms with Crippen molar-refractivity contribution in [3.63, 3.8) is 0 Å². The van der Waals surface area contributed by atoms with Gasteiger partial charge in [-0.25, -0.2) is 0 Å². The van der Waals surface area contributed by atoms with Crippen LogP contribution in [0, 0.1) is 11.8 Å². The van der Waals surface area contributed by atoms with Crippen molar-refractivity contribution >= 4 is 0 Å². The lowest BCUT2D eigenvalue weighted by Gasteiger charge is -2.15. The van der Waals surface area contributed by atoms with Crippen LogP contribution in [0.2, 0.25) is 0 Å². The van der Waals surface area contributed by atoms with Gasteiger partial charge in [0.2, 0.25) is 0 Å². The van der Waals surface area contributed by atoms with Gasteiger partial charge in [0.25, 0.3) is 0 Å². The van der Waals surface area contributed by atoms with Crippen molar-refractivity contribution in [1.29, 1.82) is 0 Å². The maximum atomic E-state index is 9.58. The van der Waals surface area contributed by atoms with Crippen LogP contribution in [0.4, 0.5) is 0 Å². The summed E-state index contributed by atoms with van der Waals surface area (Å²) in [6.45, 7) is 2.62. The van der Waals surface area contributed by atoms with Crippen molar-refractivity contribution in [3.8, 4) is 11.8 Å². The number of hydrogen-bond donors (Lipinski definition) is 1. The van der Waals surface area contributed by atoms with Gasteiger partial charge in [0.1, 0.15) is 0 Å². The molecule has 0 saturated carbocycles. The number of ether oxygens (including phenoxy) is 1. The number of rotatable bonds is 3. The van der Waals surface area contributed by atoms with Gasteiger partial charge in [-0.2, -0.15) is 0 Å². The third kappa shape index (κ3) is 2.84. The standard InChI is InChI=1S/C10H16O2/c1-2-3-4-6-9(11)10-7-5-8-12-10/h9-11H,4-8H2,1H3. The molecule has 1 saturated heterocycles. The Kier molecular flexibility index (Phi) is 4.13. The average Bonchev–Trinajstić information content (AvgIpc) is 2.56. The summed E-state index contributed by atoms with van der Waals surface area (Å²) in [5.41, 5.74) is 0. The first kappa shape index (κ1) is 9.57. The normalized spacial score (nSPS) is 24.7. The molecule has 1 N–H and O–H groups in total. The van der Waals surface area contributed by atoms with Crippen molar-refractivity contribution in [1.82, 2.24) is 0 Å². The SMILES string of the molecule is CC#CCCC(O)C1CCCO1. The van der Waals surface area contributed by atoms with Gasteiger partial charge in [0.15, 0.2) is 0 Å². The van der Waals surface area contributed by atoms with Crippen molar-refractivity contribution in [2.75, 3.05) is 6.61 Å². The van der Waals surface area contributed by atoms with Gasteiger partial charge in [-0.15, -0.1) is 11.8 Å². The van der Waals surface area contributed by atoms with Crippen LogP contribution in [0.25, 0.3) is 0 Å². The Morgan fingerprint density at radius 3 is 3.08 bits per heavy atom. The summed E-state index contributed by atoms with van der Waals surface area (Å²) in [5, 5.41) is 9.58. The Morgan fingerprint density at radius 1 is 1.67 bits per heavy atom. The second-order valence-corrected chi connectivity index (χ2v) is 3.08. The third-order valence-electron chi connectivity index (χ3n) is 2.14. The van der Waals surface area contributed by atoms with Crippen LogP contribution in [0.3, 0.4) is 0 Å². The van der Waals surface area contributed by atoms with E-state index >= 15 is 0 Å². The summed E-state index contributed by atoms with van der Waals surface area (Å²) >= 11 is 0. The highest BCUT2D eigenvalue weighted by Crippen LogP contribution is 2.18. The molecule has 0 aliphatic carbocycles. The van der Waals surface area contributed by atoms with Gasteiger partial charge in [-0.3, -0.25) is 0 Å². The largest absolute Gasteiger partial charge is 0.390 e. The molecule has 0 amide bonds. The van der Waals surface area contributed by atoms with Crippen LogP contribution in [-0.4, -0.2) is 23.9 Å². The van der Waals surface area contributed by atoms with Crippen LogP contribution >= 0.6 is 0 Å². The molecule has 1 fully saturated rings. The van der Waals surface area contributed by atoms with E-state index in [2.05, 4.69) is 11.8 Å². The molecule has 0 aromatic heterocycles. The zero-order valence-electron chi connectivity index (χ0n) is 7.55. The maximum Gasteiger partial charge on any atom is 0.0835 e. The Hall–Kier alpha value is -0.520. The average molecular weight is 168 g/mol. The summed E-state index contributed by atoms with van der Waals surface area (Å²) in [7, 11) is 0. The fourth-order valence-electron chi connectivity index (χ4n) is 1.44. The first-order chi connectivity index (χ1) is 5.84. The third-order valence-corrected chi connectivity index (χ3v) is 2.14. The van der Waals surface area contributed by atoms with Crippen LogP contribution in [0.1, 0.15) is 32.6 Å². The predicted octanol–water partition coefficient (Wildman–Crippen LogP) is 1.33. The highest BCUT2D eigenvalue weighted by atomic mass is 16.5. The second-order valence-electron chi connectivity index (χ2n) is 3.08. The summed E-state index contributed by atoms with van der Waals surface area (Å²) < 4.78 is 5.35. The van der Waals surface area contributed by atoms with Gasteiger partial charge in [0, 0.05) is 13.0 Å². The van der Waals surface area contributed by atoms with E-state index < -0.39 is 0 Å². The lowest BCUT2D eigenvalue weighted by atomic mass is 10.1. The van der Waals surface area contributed by atoms with E-state index in [1.807, 2.05) is 6.92 Å². The first-order valence-electron chi connectivity index (χ1n) is 4.54. The van der Waals surface area contributed by atoms with Gasteiger partial charge in [0.05, 0.1) is 12.2 Å². The van der Waals surface area contributed by atoms with Crippen molar-refractivity contribution in [2.24, 2.45) is 0 Å². The molecule has 0 radical (unpaired) electrons. The molecular formula is C10H16O2. The molecule has 2 nitrogen and oxygen atoms in total. The van der Waals surface area contributed by atoms with Crippen molar-refractivity contribution < 1.29 is 9.84 Å². The molecule has 1 heterocycles. The summed E-state index contributed by atoms with van der Waals surface area (Å²) in [4.78, 5) is 0. The van der Waals surface area contributed by atoms with E-state index in [0.717, 1.165) is 32.3 Å². The zero-order chi connectivity index (χ0) is 8.81. The Labute approximate surface area is 73.9 Å². The topological polar surface area (TPSA) is 29.5 Å². The molecule has 0 spiro atoms. The van der Waals surface area contributed by atoms with E-state index in [1.54, 1.807) is 0 Å². The van der Waals surface area contributed by atoms with Gasteiger partial charge < -0.3 is 9.84 Å². The molecule has 1 aliphatic heterocycles. The van der Waals surface area contributed by atoms with Crippen LogP contribution in [-0.2, 0) is 4.74 Å². The van der Waals surface area contributed by atoms with E-state index in [9.17, 15) is 5.11 Å². The van der Waals surface area contributed by atoms with Crippen LogP contribution < -0.4 is 0 Å². The van der Waals surface area contributed by atoms with E-state index in [-0.39, 0.29) is 12.2 Å². The number of aliphatic hydroxyl groups excluding tert-OH is 1. The molecule has 1 aliphatic rings. The molecule has 0 bridgehead atoms. The molecule has 1 rings (SSSR count). The molecule has 0 aromatic rings. The molecule has 12 heavy (non-hydrogen) atoms. The lowest BCUT2D eigenvalue weighted by molar-refractivity contribution is -0.00444. The van der Waals surface area contributed by atoms with Gasteiger partial charge >= 0.3 is 0 Å². The first-order valence-corrected chi connectivity index (χ1v) is 4.54. The Bertz CT molecular complexity index is 172. The fourth-order valence-corrected chi connectivity index (χ4v) is 1.44. The van der Waals surface area contributed by atoms with Crippen molar-refractivity contribution in [3.05, 3.63) is 0 Å². The van der Waals surface area contributed by atoms with Crippen LogP contribution in [0.15, 0.2) is 0 Å². The van der Waals surface area contributed by atoms with Crippen molar-refractivity contribution in [2.45, 2.75) is 44.8 Å². The highest BCUT2D eigenvalue weighted by Gasteiger charge is 2.22. The van der Waals surface area contributed by atoms with E-state index in [0.29, 0.717) is 0 Å². The lowest BCUT2D eigenvalue weighted by Crippen LogP contribution is -2.24. The minimum absolute atomic E-state index is 0.0728. The smallest absolute Gasteiger partial charge is 0.0835 e. The quantitative estimate of drug-likeness (QED) is 0.644. The summed E-state index contributed by atoms with van der Waals surface area (Å²) in [6.07, 6.45) is 3.36. The zero-order valence-corrected chi connectivity index (χ0v) is 7.55. The minimum atomic E-state index is -0.312. The Morgan fingerprint density at radius 2 is 2.50 bits per heavy atom. The second kappa shape index (κ2) is 5.18. The molecule has 2 atom stereocenters. The van der Waals surface area contributed by atoms with Crippen LogP contribution in [0.5, 0.6) is 0 Å². The molecule has 68 valence electrons. The molecule has 2 heteroatoms. The van der Waals surface area contributed by atoms with Gasteiger partial charge in [-0.05, 0) is 26.2 Å². The molecule has 0 aromatic carbocycles. The Balaban J connectivity index is 2.16. The monoisotopic (exact) mass is 168 g/mol. The summed E-state index contributed by atoms with van der Waals surface area (Å²) in [6, 6.07) is 0. The molecular weight excluding hydrogens is 152 g/mol. The summed E-state index contributed by atoms with van der Waals surface area (Å²) in [5.74, 6) is 5.75. The van der Waals surface area contributed by atoms with E-state index in [1.165, 1.54) is 0 Å².